The average Bonchev–Trinajstić information content (AvgIpc) is 2.53. The summed E-state index contributed by atoms with van der Waals surface area (Å²) in [6.07, 6.45) is 0. The predicted octanol–water partition coefficient (Wildman–Crippen LogP) is 1.05. The van der Waals surface area contributed by atoms with Gasteiger partial charge in [-0.2, -0.15) is 0 Å². The molecule has 0 atom stereocenters. The molecule has 0 aliphatic rings. The minimum atomic E-state index is 0.501. The van der Waals surface area contributed by atoms with Crippen molar-refractivity contribution in [2.75, 3.05) is 5.73 Å². The molecule has 0 spiro atoms. The van der Waals surface area contributed by atoms with E-state index < -0.39 is 0 Å². The van der Waals surface area contributed by atoms with Crippen LogP contribution < -0.4 is 5.73 Å². The van der Waals surface area contributed by atoms with Crippen molar-refractivity contribution >= 4 is 5.82 Å². The summed E-state index contributed by atoms with van der Waals surface area (Å²) >= 11 is 0. The van der Waals surface area contributed by atoms with Gasteiger partial charge in [-0.05, 0) is 0 Å². The number of aromatic nitrogens is 3. The lowest BCUT2D eigenvalue weighted by Gasteiger charge is -1.94. The van der Waals surface area contributed by atoms with Gasteiger partial charge in [-0.3, -0.25) is 0 Å². The monoisotopic (exact) mass is 160 g/mol. The molecule has 60 valence electrons. The van der Waals surface area contributed by atoms with Crippen LogP contribution >= 0.6 is 0 Å². The highest BCUT2D eigenvalue weighted by Gasteiger charge is 2.04. The van der Waals surface area contributed by atoms with Crippen LogP contribution in [0.25, 0.3) is 11.3 Å². The Balaban J connectivity index is 2.51. The van der Waals surface area contributed by atoms with Crippen LogP contribution in [-0.2, 0) is 0 Å². The van der Waals surface area contributed by atoms with Crippen LogP contribution in [0.15, 0.2) is 30.3 Å². The summed E-state index contributed by atoms with van der Waals surface area (Å²) in [5, 5.41) is 10.0. The van der Waals surface area contributed by atoms with Crippen molar-refractivity contribution in [1.29, 1.82) is 0 Å². The smallest absolute Gasteiger partial charge is 0.147 e. The molecule has 0 radical (unpaired) electrons. The fraction of sp³-hybridized carbons (Fsp3) is 0. The van der Waals surface area contributed by atoms with Crippen LogP contribution in [0.1, 0.15) is 0 Å². The van der Waals surface area contributed by atoms with Gasteiger partial charge in [-0.1, -0.05) is 35.5 Å². The first kappa shape index (κ1) is 6.84. The van der Waals surface area contributed by atoms with E-state index in [0.29, 0.717) is 11.5 Å². The van der Waals surface area contributed by atoms with E-state index in [4.69, 9.17) is 5.73 Å². The highest BCUT2D eigenvalue weighted by atomic mass is 15.3. The van der Waals surface area contributed by atoms with Crippen LogP contribution in [-0.4, -0.2) is 15.4 Å². The van der Waals surface area contributed by atoms with Crippen molar-refractivity contribution in [1.82, 2.24) is 15.4 Å². The van der Waals surface area contributed by atoms with E-state index in [1.165, 1.54) is 0 Å². The summed E-state index contributed by atoms with van der Waals surface area (Å²) in [6, 6.07) is 9.69. The van der Waals surface area contributed by atoms with Crippen LogP contribution in [0.3, 0.4) is 0 Å². The van der Waals surface area contributed by atoms with Gasteiger partial charge in [-0.15, -0.1) is 5.10 Å². The van der Waals surface area contributed by atoms with Gasteiger partial charge < -0.3 is 5.73 Å². The number of hydrogen-bond donors (Lipinski definition) is 2. The van der Waals surface area contributed by atoms with Gasteiger partial charge >= 0.3 is 0 Å². The first-order valence-electron chi connectivity index (χ1n) is 3.60. The zero-order valence-electron chi connectivity index (χ0n) is 6.36. The summed E-state index contributed by atoms with van der Waals surface area (Å²) in [5.74, 6) is 0.501. The number of benzene rings is 1. The molecular formula is C8H8N4. The SMILES string of the molecule is Nc1[nH]nnc1-c1ccccc1. The zero-order valence-corrected chi connectivity index (χ0v) is 6.36. The van der Waals surface area contributed by atoms with Crippen LogP contribution in [0.4, 0.5) is 5.82 Å². The third-order valence-electron chi connectivity index (χ3n) is 1.62. The van der Waals surface area contributed by atoms with E-state index >= 15 is 0 Å². The van der Waals surface area contributed by atoms with Crippen LogP contribution in [0.5, 0.6) is 0 Å². The summed E-state index contributed by atoms with van der Waals surface area (Å²) in [6.45, 7) is 0. The number of H-pyrrole nitrogens is 1. The van der Waals surface area contributed by atoms with E-state index in [1.807, 2.05) is 30.3 Å². The van der Waals surface area contributed by atoms with Crippen molar-refractivity contribution in [2.45, 2.75) is 0 Å². The largest absolute Gasteiger partial charge is 0.382 e. The number of nitrogens with one attached hydrogen (secondary N) is 1. The Hall–Kier alpha value is -1.84. The summed E-state index contributed by atoms with van der Waals surface area (Å²) in [5.41, 5.74) is 7.27. The molecule has 0 aliphatic heterocycles. The second-order valence-electron chi connectivity index (χ2n) is 2.44. The van der Waals surface area contributed by atoms with Gasteiger partial charge in [0, 0.05) is 5.56 Å². The van der Waals surface area contributed by atoms with Crippen LogP contribution in [0, 0.1) is 0 Å². The van der Waals surface area contributed by atoms with Gasteiger partial charge in [0.1, 0.15) is 11.5 Å². The summed E-state index contributed by atoms with van der Waals surface area (Å²) in [4.78, 5) is 0. The van der Waals surface area contributed by atoms with Crippen molar-refractivity contribution in [3.63, 3.8) is 0 Å². The molecule has 0 saturated carbocycles. The Bertz CT molecular complexity index is 366. The third-order valence-corrected chi connectivity index (χ3v) is 1.62. The minimum Gasteiger partial charge on any atom is -0.382 e. The number of nitrogen functional groups attached to an aromatic ring is 1. The lowest BCUT2D eigenvalue weighted by Crippen LogP contribution is -1.87. The first-order chi connectivity index (χ1) is 5.88. The number of hydrogen-bond acceptors (Lipinski definition) is 3. The lowest BCUT2D eigenvalue weighted by atomic mass is 10.2. The first-order valence-corrected chi connectivity index (χ1v) is 3.60. The highest BCUT2D eigenvalue weighted by Crippen LogP contribution is 2.19. The van der Waals surface area contributed by atoms with Gasteiger partial charge in [0.15, 0.2) is 0 Å². The molecule has 4 heteroatoms. The Labute approximate surface area is 69.4 Å². The fourth-order valence-corrected chi connectivity index (χ4v) is 1.04. The topological polar surface area (TPSA) is 67.6 Å². The number of aromatic amines is 1. The molecule has 1 heterocycles. The van der Waals surface area contributed by atoms with Crippen molar-refractivity contribution in [2.24, 2.45) is 0 Å². The van der Waals surface area contributed by atoms with E-state index in [1.54, 1.807) is 0 Å². The molecule has 0 fully saturated rings. The number of rotatable bonds is 1. The van der Waals surface area contributed by atoms with E-state index in [9.17, 15) is 0 Å². The molecule has 0 aliphatic carbocycles. The summed E-state index contributed by atoms with van der Waals surface area (Å²) in [7, 11) is 0. The third kappa shape index (κ3) is 1.03. The molecule has 0 unspecified atom stereocenters. The lowest BCUT2D eigenvalue weighted by molar-refractivity contribution is 0.945. The van der Waals surface area contributed by atoms with Gasteiger partial charge in [0.2, 0.25) is 0 Å². The molecule has 2 aromatic rings. The van der Waals surface area contributed by atoms with Crippen molar-refractivity contribution < 1.29 is 0 Å². The van der Waals surface area contributed by atoms with Gasteiger partial charge in [0.05, 0.1) is 0 Å². The van der Waals surface area contributed by atoms with Crippen molar-refractivity contribution in [3.8, 4) is 11.3 Å². The molecule has 4 nitrogen and oxygen atoms in total. The Morgan fingerprint density at radius 1 is 1.17 bits per heavy atom. The molecule has 0 saturated heterocycles. The molecule has 1 aromatic carbocycles. The molecular weight excluding hydrogens is 152 g/mol. The molecule has 12 heavy (non-hydrogen) atoms. The maximum Gasteiger partial charge on any atom is 0.147 e. The summed E-state index contributed by atoms with van der Waals surface area (Å²) < 4.78 is 0. The quantitative estimate of drug-likeness (QED) is 0.655. The standard InChI is InChI=1S/C8H8N4/c9-8-7(10-12-11-8)6-4-2-1-3-5-6/h1-5H,(H3,9,10,11,12). The van der Waals surface area contributed by atoms with Gasteiger partial charge in [0.25, 0.3) is 0 Å². The Kier molecular flexibility index (Phi) is 1.51. The minimum absolute atomic E-state index is 0.501. The Morgan fingerprint density at radius 3 is 2.50 bits per heavy atom. The fourth-order valence-electron chi connectivity index (χ4n) is 1.04. The molecule has 3 N–H and O–H groups in total. The normalized spacial score (nSPS) is 10.0. The second-order valence-corrected chi connectivity index (χ2v) is 2.44. The predicted molar refractivity (Wildman–Crippen MR) is 46.2 cm³/mol. The second kappa shape index (κ2) is 2.65. The molecule has 0 amide bonds. The number of nitrogens with zero attached hydrogens (tertiary/aromatic N) is 2. The average molecular weight is 160 g/mol. The number of anilines is 1. The maximum atomic E-state index is 5.59. The highest BCUT2D eigenvalue weighted by molar-refractivity contribution is 5.68. The molecule has 1 aromatic heterocycles. The van der Waals surface area contributed by atoms with Gasteiger partial charge in [-0.25, -0.2) is 5.10 Å². The number of nitrogens with two attached hydrogens (primary N) is 1. The maximum absolute atomic E-state index is 5.59. The Morgan fingerprint density at radius 2 is 1.92 bits per heavy atom. The van der Waals surface area contributed by atoms with E-state index in [2.05, 4.69) is 15.4 Å². The van der Waals surface area contributed by atoms with Crippen LogP contribution in [0.2, 0.25) is 0 Å². The van der Waals surface area contributed by atoms with E-state index in [0.717, 1.165) is 5.56 Å². The zero-order chi connectivity index (χ0) is 8.39. The van der Waals surface area contributed by atoms with Crippen molar-refractivity contribution in [3.05, 3.63) is 30.3 Å². The molecule has 2 rings (SSSR count). The molecule has 0 bridgehead atoms. The van der Waals surface area contributed by atoms with E-state index in [-0.39, 0.29) is 0 Å².